The molecule has 0 spiro atoms. The van der Waals surface area contributed by atoms with E-state index >= 15 is 0 Å². The highest BCUT2D eigenvalue weighted by atomic mass is 32.2. The Morgan fingerprint density at radius 1 is 1.48 bits per heavy atom. The average molecular weight is 305 g/mol. The smallest absolute Gasteiger partial charge is 0.273 e. The molecular weight excluding hydrogens is 294 g/mol. The molecule has 1 N–H and O–H groups in total. The molecule has 0 saturated heterocycles. The number of nitro groups is 1. The van der Waals surface area contributed by atoms with Crippen molar-refractivity contribution < 1.29 is 10.0 Å². The number of nitro benzene ring substituents is 1. The van der Waals surface area contributed by atoms with Gasteiger partial charge in [0.15, 0.2) is 10.9 Å². The van der Waals surface area contributed by atoms with E-state index in [0.29, 0.717) is 16.4 Å². The molecular formula is C13H11N3O4S. The predicted octanol–water partition coefficient (Wildman–Crippen LogP) is 1.26. The minimum Gasteiger partial charge on any atom is -0.366 e. The number of non-ortho nitro benzene ring substituents is 1. The third-order valence-corrected chi connectivity index (χ3v) is 4.45. The number of fused-ring (bicyclic) bond motifs is 1. The lowest BCUT2D eigenvalue weighted by molar-refractivity contribution is -0.385. The van der Waals surface area contributed by atoms with Gasteiger partial charge in [-0.15, -0.1) is 0 Å². The summed E-state index contributed by atoms with van der Waals surface area (Å²) < 4.78 is 1.54. The number of rotatable bonds is 2. The first-order chi connectivity index (χ1) is 9.91. The van der Waals surface area contributed by atoms with Crippen LogP contribution in [-0.2, 0) is 5.72 Å². The number of aryl methyl sites for hydroxylation is 1. The van der Waals surface area contributed by atoms with Crippen LogP contribution in [0.1, 0.15) is 11.3 Å². The number of nitrogens with zero attached hydrogens (tertiary/aromatic N) is 3. The van der Waals surface area contributed by atoms with E-state index in [2.05, 4.69) is 4.98 Å². The summed E-state index contributed by atoms with van der Waals surface area (Å²) in [6.07, 6.45) is 0. The molecule has 0 unspecified atom stereocenters. The molecule has 3 rings (SSSR count). The van der Waals surface area contributed by atoms with Gasteiger partial charge in [0.2, 0.25) is 0 Å². The topological polar surface area (TPSA) is 98.3 Å². The van der Waals surface area contributed by atoms with Crippen LogP contribution < -0.4 is 5.56 Å². The fraction of sp³-hybridized carbons (Fsp3) is 0.231. The first-order valence-electron chi connectivity index (χ1n) is 6.13. The summed E-state index contributed by atoms with van der Waals surface area (Å²) in [4.78, 5) is 25.7. The molecule has 1 aliphatic heterocycles. The van der Waals surface area contributed by atoms with E-state index in [1.54, 1.807) is 13.0 Å². The fourth-order valence-corrected chi connectivity index (χ4v) is 3.63. The largest absolute Gasteiger partial charge is 0.366 e. The molecule has 0 aliphatic carbocycles. The highest BCUT2D eigenvalue weighted by Crippen LogP contribution is 2.40. The summed E-state index contributed by atoms with van der Waals surface area (Å²) in [6, 6.07) is 7.19. The summed E-state index contributed by atoms with van der Waals surface area (Å²) in [6.45, 7) is 1.70. The van der Waals surface area contributed by atoms with Gasteiger partial charge in [0.25, 0.3) is 11.2 Å². The molecule has 21 heavy (non-hydrogen) atoms. The van der Waals surface area contributed by atoms with Gasteiger partial charge >= 0.3 is 0 Å². The molecule has 0 bridgehead atoms. The third kappa shape index (κ3) is 2.12. The Kier molecular flexibility index (Phi) is 3.07. The van der Waals surface area contributed by atoms with E-state index in [1.807, 2.05) is 0 Å². The zero-order valence-corrected chi connectivity index (χ0v) is 11.8. The lowest BCUT2D eigenvalue weighted by Gasteiger charge is -2.27. The second-order valence-corrected chi connectivity index (χ2v) is 5.71. The number of hydrogen-bond donors (Lipinski definition) is 1. The first-order valence-corrected chi connectivity index (χ1v) is 7.12. The number of benzene rings is 1. The minimum atomic E-state index is -1.45. The molecule has 7 nitrogen and oxygen atoms in total. The molecule has 0 amide bonds. The minimum absolute atomic E-state index is 0.0916. The van der Waals surface area contributed by atoms with Crippen LogP contribution in [0, 0.1) is 17.0 Å². The summed E-state index contributed by atoms with van der Waals surface area (Å²) in [5, 5.41) is 22.3. The molecule has 0 radical (unpaired) electrons. The van der Waals surface area contributed by atoms with Crippen molar-refractivity contribution >= 4 is 17.4 Å². The van der Waals surface area contributed by atoms with Crippen molar-refractivity contribution in [3.05, 3.63) is 62.1 Å². The molecule has 1 aromatic heterocycles. The van der Waals surface area contributed by atoms with Gasteiger partial charge in [-0.05, 0) is 6.92 Å². The zero-order chi connectivity index (χ0) is 15.2. The summed E-state index contributed by atoms with van der Waals surface area (Å²) >= 11 is 1.24. The van der Waals surface area contributed by atoms with Crippen LogP contribution in [0.15, 0.2) is 40.3 Å². The normalized spacial score (nSPS) is 20.3. The van der Waals surface area contributed by atoms with E-state index in [0.717, 1.165) is 0 Å². The Labute approximate surface area is 123 Å². The van der Waals surface area contributed by atoms with Crippen LogP contribution in [0.5, 0.6) is 0 Å². The predicted molar refractivity (Wildman–Crippen MR) is 76.3 cm³/mol. The van der Waals surface area contributed by atoms with E-state index in [1.165, 1.54) is 40.6 Å². The Bertz CT molecular complexity index is 804. The molecule has 1 aliphatic rings. The Morgan fingerprint density at radius 2 is 2.24 bits per heavy atom. The van der Waals surface area contributed by atoms with E-state index in [9.17, 15) is 20.0 Å². The monoisotopic (exact) mass is 305 g/mol. The van der Waals surface area contributed by atoms with Gasteiger partial charge in [-0.2, -0.15) is 4.98 Å². The second-order valence-electron chi connectivity index (χ2n) is 4.77. The molecule has 1 atom stereocenters. The Morgan fingerprint density at radius 3 is 2.95 bits per heavy atom. The first kappa shape index (κ1) is 13.8. The lowest BCUT2D eigenvalue weighted by atomic mass is 10.0. The maximum Gasteiger partial charge on any atom is 0.273 e. The molecule has 0 fully saturated rings. The van der Waals surface area contributed by atoms with Crippen molar-refractivity contribution in [3.8, 4) is 0 Å². The molecule has 1 aromatic carbocycles. The van der Waals surface area contributed by atoms with Crippen LogP contribution in [-0.4, -0.2) is 25.3 Å². The van der Waals surface area contributed by atoms with Crippen molar-refractivity contribution in [2.45, 2.75) is 17.8 Å². The van der Waals surface area contributed by atoms with Crippen molar-refractivity contribution in [1.29, 1.82) is 0 Å². The molecule has 8 heteroatoms. The highest BCUT2D eigenvalue weighted by molar-refractivity contribution is 7.99. The summed E-state index contributed by atoms with van der Waals surface area (Å²) in [7, 11) is 0. The highest BCUT2D eigenvalue weighted by Gasteiger charge is 2.40. The second kappa shape index (κ2) is 4.68. The Balaban J connectivity index is 2.19. The number of thioether (sulfide) groups is 1. The lowest BCUT2D eigenvalue weighted by Crippen LogP contribution is -2.36. The van der Waals surface area contributed by atoms with Crippen LogP contribution in [0.25, 0.3) is 0 Å². The molecule has 108 valence electrons. The molecule has 2 aromatic rings. The van der Waals surface area contributed by atoms with E-state index in [4.69, 9.17) is 0 Å². The van der Waals surface area contributed by atoms with Gasteiger partial charge in [-0.25, -0.2) is 0 Å². The van der Waals surface area contributed by atoms with Crippen molar-refractivity contribution in [2.24, 2.45) is 0 Å². The van der Waals surface area contributed by atoms with E-state index < -0.39 is 10.6 Å². The van der Waals surface area contributed by atoms with E-state index in [-0.39, 0.29) is 17.0 Å². The number of aromatic nitrogens is 2. The van der Waals surface area contributed by atoms with Crippen LogP contribution in [0.2, 0.25) is 0 Å². The van der Waals surface area contributed by atoms with Crippen LogP contribution in [0.4, 0.5) is 5.69 Å². The number of aliphatic hydroxyl groups is 1. The average Bonchev–Trinajstić information content (AvgIpc) is 2.77. The van der Waals surface area contributed by atoms with Gasteiger partial charge in [-0.3, -0.25) is 19.5 Å². The summed E-state index contributed by atoms with van der Waals surface area (Å²) in [5.74, 6) is 0.242. The van der Waals surface area contributed by atoms with Crippen molar-refractivity contribution in [2.75, 3.05) is 5.75 Å². The Hall–Kier alpha value is -2.19. The molecule has 0 saturated carbocycles. The maximum atomic E-state index is 11.4. The van der Waals surface area contributed by atoms with Crippen LogP contribution in [0.3, 0.4) is 0 Å². The zero-order valence-electron chi connectivity index (χ0n) is 11.0. The van der Waals surface area contributed by atoms with Crippen molar-refractivity contribution in [3.63, 3.8) is 0 Å². The van der Waals surface area contributed by atoms with Gasteiger partial charge < -0.3 is 5.11 Å². The van der Waals surface area contributed by atoms with Crippen LogP contribution >= 0.6 is 11.8 Å². The van der Waals surface area contributed by atoms with Gasteiger partial charge in [0, 0.05) is 29.5 Å². The van der Waals surface area contributed by atoms with Gasteiger partial charge in [-0.1, -0.05) is 23.9 Å². The molecule has 2 heterocycles. The quantitative estimate of drug-likeness (QED) is 0.509. The standard InChI is InChI=1S/C13H11N3O4S/c1-8-5-11(17)14-12-15(8)13(18,7-21-12)9-3-2-4-10(6-9)16(19)20/h2-6,18H,7H2,1H3/t13-/m1/s1. The third-order valence-electron chi connectivity index (χ3n) is 3.37. The summed E-state index contributed by atoms with van der Waals surface area (Å²) in [5.41, 5.74) is -0.947. The number of hydrogen-bond acceptors (Lipinski definition) is 6. The SMILES string of the molecule is Cc1cc(=O)nc2n1[C@](O)(c1cccc([N+](=O)[O-])c1)CS2. The maximum absolute atomic E-state index is 11.4. The van der Waals surface area contributed by atoms with Gasteiger partial charge in [0.05, 0.1) is 10.7 Å². The fourth-order valence-electron chi connectivity index (χ4n) is 2.43. The van der Waals surface area contributed by atoms with Gasteiger partial charge in [0.1, 0.15) is 0 Å². The van der Waals surface area contributed by atoms with Crippen molar-refractivity contribution in [1.82, 2.24) is 9.55 Å².